The molecule has 35 heavy (non-hydrogen) atoms. The number of aliphatic imine (C=N–C) groups is 1. The zero-order valence-electron chi connectivity index (χ0n) is 19.1. The predicted octanol–water partition coefficient (Wildman–Crippen LogP) is 6.08. The lowest BCUT2D eigenvalue weighted by Gasteiger charge is -2.03. The molecule has 4 aromatic rings. The molecule has 0 aliphatic carbocycles. The second kappa shape index (κ2) is 9.90. The van der Waals surface area contributed by atoms with Crippen LogP contribution in [0.5, 0.6) is 11.5 Å². The van der Waals surface area contributed by atoms with Crippen molar-refractivity contribution in [2.75, 3.05) is 14.2 Å². The smallest absolute Gasteiger partial charge is 0.289 e. The third-order valence-electron chi connectivity index (χ3n) is 5.38. The maximum Gasteiger partial charge on any atom is 0.289 e. The van der Waals surface area contributed by atoms with Crippen molar-refractivity contribution in [1.82, 2.24) is 15.1 Å². The van der Waals surface area contributed by atoms with Gasteiger partial charge in [0.2, 0.25) is 0 Å². The fourth-order valence-corrected chi connectivity index (χ4v) is 4.35. The number of amidine groups is 1. The number of hydrogen-bond donors (Lipinski definition) is 1. The number of nitrogens with one attached hydrogen (secondary N) is 1. The lowest BCUT2D eigenvalue weighted by atomic mass is 10.1. The lowest BCUT2D eigenvalue weighted by molar-refractivity contribution is 0.265. The van der Waals surface area contributed by atoms with E-state index in [1.165, 1.54) is 0 Å². The van der Waals surface area contributed by atoms with E-state index in [4.69, 9.17) is 14.6 Å². The summed E-state index contributed by atoms with van der Waals surface area (Å²) < 4.78 is 12.4. The van der Waals surface area contributed by atoms with Gasteiger partial charge < -0.3 is 14.8 Å². The van der Waals surface area contributed by atoms with Crippen LogP contribution in [-0.2, 0) is 0 Å². The van der Waals surface area contributed by atoms with Crippen LogP contribution in [0.3, 0.4) is 0 Å². The van der Waals surface area contributed by atoms with Crippen molar-refractivity contribution in [2.45, 2.75) is 0 Å². The molecule has 1 aliphatic rings. The van der Waals surface area contributed by atoms with Crippen molar-refractivity contribution in [2.24, 2.45) is 4.99 Å². The van der Waals surface area contributed by atoms with Gasteiger partial charge in [-0.1, -0.05) is 18.2 Å². The van der Waals surface area contributed by atoms with Crippen molar-refractivity contribution in [1.29, 1.82) is 0 Å². The summed E-state index contributed by atoms with van der Waals surface area (Å²) in [5, 5.41) is 7.53. The number of benzene rings is 3. The van der Waals surface area contributed by atoms with Gasteiger partial charge in [0.15, 0.2) is 0 Å². The molecule has 7 nitrogen and oxygen atoms in total. The minimum Gasteiger partial charge on any atom is -0.497 e. The second-order valence-electron chi connectivity index (χ2n) is 7.62. The Balaban J connectivity index is 1.58. The number of aromatic nitrogens is 2. The van der Waals surface area contributed by atoms with E-state index in [2.05, 4.69) is 10.3 Å². The summed E-state index contributed by atoms with van der Waals surface area (Å²) in [6.45, 7) is 0. The summed E-state index contributed by atoms with van der Waals surface area (Å²) in [4.78, 5) is 17.6. The first-order chi connectivity index (χ1) is 17.1. The predicted molar refractivity (Wildman–Crippen MR) is 140 cm³/mol. The largest absolute Gasteiger partial charge is 0.497 e. The molecule has 0 radical (unpaired) electrons. The van der Waals surface area contributed by atoms with Gasteiger partial charge in [-0.05, 0) is 78.5 Å². The molecule has 2 heterocycles. The number of amides is 1. The first kappa shape index (κ1) is 22.5. The Morgan fingerprint density at radius 2 is 1.57 bits per heavy atom. The van der Waals surface area contributed by atoms with Crippen LogP contribution in [0.2, 0.25) is 0 Å². The third-order valence-corrected chi connectivity index (χ3v) is 6.20. The summed E-state index contributed by atoms with van der Waals surface area (Å²) in [7, 11) is 3.26. The third kappa shape index (κ3) is 4.97. The summed E-state index contributed by atoms with van der Waals surface area (Å²) in [6, 6.07) is 25.0. The highest BCUT2D eigenvalue weighted by atomic mass is 32.2. The van der Waals surface area contributed by atoms with Crippen molar-refractivity contribution in [3.63, 3.8) is 0 Å². The molecule has 8 heteroatoms. The van der Waals surface area contributed by atoms with Gasteiger partial charge in [0.05, 0.1) is 36.2 Å². The average molecular weight is 483 g/mol. The number of methoxy groups -OCH3 is 2. The quantitative estimate of drug-likeness (QED) is 0.360. The zero-order chi connectivity index (χ0) is 24.2. The van der Waals surface area contributed by atoms with E-state index in [1.54, 1.807) is 14.2 Å². The monoisotopic (exact) mass is 482 g/mol. The van der Waals surface area contributed by atoms with Crippen molar-refractivity contribution in [3.8, 4) is 28.4 Å². The number of rotatable bonds is 6. The molecular formula is C27H22N4O3S. The summed E-state index contributed by atoms with van der Waals surface area (Å²) in [6.07, 6.45) is 3.90. The number of hydrogen-bond acceptors (Lipinski definition) is 6. The Labute approximate surface area is 207 Å². The highest BCUT2D eigenvalue weighted by Gasteiger charge is 2.25. The molecule has 0 atom stereocenters. The molecule has 0 saturated carbocycles. The highest BCUT2D eigenvalue weighted by molar-refractivity contribution is 8.18. The van der Waals surface area contributed by atoms with Gasteiger partial charge in [0, 0.05) is 17.3 Å². The molecule has 1 amide bonds. The van der Waals surface area contributed by atoms with Crippen LogP contribution in [0.15, 0.2) is 95.0 Å². The van der Waals surface area contributed by atoms with Crippen LogP contribution in [0.1, 0.15) is 5.56 Å². The van der Waals surface area contributed by atoms with Gasteiger partial charge in [-0.2, -0.15) is 5.10 Å². The highest BCUT2D eigenvalue weighted by Crippen LogP contribution is 2.33. The number of carbonyl (C=O) groups excluding carboxylic acids is 1. The van der Waals surface area contributed by atoms with Crippen LogP contribution >= 0.6 is 11.8 Å². The van der Waals surface area contributed by atoms with E-state index < -0.39 is 0 Å². The first-order valence-corrected chi connectivity index (χ1v) is 11.7. The topological polar surface area (TPSA) is 77.7 Å². The first-order valence-electron chi connectivity index (χ1n) is 10.9. The Hall–Kier alpha value is -4.30. The summed E-state index contributed by atoms with van der Waals surface area (Å²) in [5.41, 5.74) is 4.23. The molecule has 1 aromatic heterocycles. The molecule has 0 unspecified atom stereocenters. The van der Waals surface area contributed by atoms with E-state index in [0.717, 1.165) is 45.8 Å². The molecule has 3 aromatic carbocycles. The van der Waals surface area contributed by atoms with Crippen LogP contribution in [0, 0.1) is 0 Å². The number of thioether (sulfide) groups is 1. The van der Waals surface area contributed by atoms with E-state index >= 15 is 0 Å². The Kier molecular flexibility index (Phi) is 6.36. The second-order valence-corrected chi connectivity index (χ2v) is 8.64. The van der Waals surface area contributed by atoms with Crippen LogP contribution < -0.4 is 14.8 Å². The van der Waals surface area contributed by atoms with E-state index in [-0.39, 0.29) is 5.24 Å². The SMILES string of the molecule is COc1ccc(N=C2NC(=O)SC2=Cc2cn(-c3ccccc3)nc2-c2ccc(OC)cc2)cc1. The minimum atomic E-state index is -0.176. The van der Waals surface area contributed by atoms with Crippen molar-refractivity contribution in [3.05, 3.63) is 95.5 Å². The van der Waals surface area contributed by atoms with Gasteiger partial charge in [-0.3, -0.25) is 4.79 Å². The van der Waals surface area contributed by atoms with Gasteiger partial charge in [0.25, 0.3) is 5.24 Å². The molecule has 1 fully saturated rings. The van der Waals surface area contributed by atoms with Gasteiger partial charge in [-0.15, -0.1) is 0 Å². The molecule has 0 spiro atoms. The number of ether oxygens (including phenoxy) is 2. The normalized spacial score (nSPS) is 15.4. The molecule has 5 rings (SSSR count). The number of para-hydroxylation sites is 1. The fourth-order valence-electron chi connectivity index (χ4n) is 3.62. The fraction of sp³-hybridized carbons (Fsp3) is 0.0741. The van der Waals surface area contributed by atoms with E-state index in [0.29, 0.717) is 16.4 Å². The molecule has 174 valence electrons. The van der Waals surface area contributed by atoms with Crippen molar-refractivity contribution < 1.29 is 14.3 Å². The summed E-state index contributed by atoms with van der Waals surface area (Å²) in [5.74, 6) is 2.01. The van der Waals surface area contributed by atoms with Crippen LogP contribution in [0.25, 0.3) is 23.0 Å². The molecule has 1 saturated heterocycles. The lowest BCUT2D eigenvalue weighted by Crippen LogP contribution is -2.18. The Morgan fingerprint density at radius 1 is 0.914 bits per heavy atom. The molecule has 1 aliphatic heterocycles. The number of carbonyl (C=O) groups is 1. The molecule has 1 N–H and O–H groups in total. The number of nitrogens with zero attached hydrogens (tertiary/aromatic N) is 3. The van der Waals surface area contributed by atoms with Gasteiger partial charge >= 0.3 is 0 Å². The molecular weight excluding hydrogens is 460 g/mol. The Morgan fingerprint density at radius 3 is 2.23 bits per heavy atom. The standard InChI is InChI=1S/C27H22N4O3S/c1-33-22-12-8-18(9-13-22)25-19(17-31(30-25)21-6-4-3-5-7-21)16-24-26(29-27(32)35-24)28-20-10-14-23(34-2)15-11-20/h3-17H,1-2H3,(H,28,29,32). The van der Waals surface area contributed by atoms with Crippen LogP contribution in [0.4, 0.5) is 10.5 Å². The van der Waals surface area contributed by atoms with Gasteiger partial charge in [0.1, 0.15) is 17.3 Å². The van der Waals surface area contributed by atoms with Crippen molar-refractivity contribution >= 4 is 34.6 Å². The minimum absolute atomic E-state index is 0.176. The maximum absolute atomic E-state index is 12.3. The van der Waals surface area contributed by atoms with E-state index in [1.807, 2.05) is 95.8 Å². The van der Waals surface area contributed by atoms with Gasteiger partial charge in [-0.25, -0.2) is 9.67 Å². The van der Waals surface area contributed by atoms with E-state index in [9.17, 15) is 4.79 Å². The van der Waals surface area contributed by atoms with Crippen LogP contribution in [-0.4, -0.2) is 35.1 Å². The summed E-state index contributed by atoms with van der Waals surface area (Å²) >= 11 is 1.11. The molecule has 0 bridgehead atoms. The maximum atomic E-state index is 12.3. The average Bonchev–Trinajstić information content (AvgIpc) is 3.48. The Bertz CT molecular complexity index is 1410. The zero-order valence-corrected chi connectivity index (χ0v) is 20.0.